The minimum absolute atomic E-state index is 0.0937. The number of carbonyl (C=O) groups is 1. The smallest absolute Gasteiger partial charge is 0.277 e. The minimum Gasteiger partial charge on any atom is -0.343 e. The Morgan fingerprint density at radius 3 is 2.61 bits per heavy atom. The number of ketones is 1. The molecule has 0 spiro atoms. The molecule has 28 heavy (non-hydrogen) atoms. The number of benzene rings is 2. The lowest BCUT2D eigenvalue weighted by Gasteiger charge is -2.31. The highest BCUT2D eigenvalue weighted by Gasteiger charge is 2.38. The van der Waals surface area contributed by atoms with Crippen molar-refractivity contribution in [3.8, 4) is 5.69 Å². The van der Waals surface area contributed by atoms with Gasteiger partial charge in [0.1, 0.15) is 5.82 Å². The summed E-state index contributed by atoms with van der Waals surface area (Å²) in [4.78, 5) is 26.2. The molecule has 1 atom stereocenters. The van der Waals surface area contributed by atoms with Crippen molar-refractivity contribution < 1.29 is 4.79 Å². The molecule has 0 amide bonds. The van der Waals surface area contributed by atoms with Gasteiger partial charge in [-0.1, -0.05) is 41.9 Å². The molecule has 5 nitrogen and oxygen atoms in total. The van der Waals surface area contributed by atoms with Gasteiger partial charge in [0.25, 0.3) is 5.56 Å². The van der Waals surface area contributed by atoms with E-state index in [0.29, 0.717) is 28.4 Å². The number of anilines is 1. The van der Waals surface area contributed by atoms with Gasteiger partial charge in [0, 0.05) is 28.6 Å². The summed E-state index contributed by atoms with van der Waals surface area (Å²) in [6.45, 7) is 0. The quantitative estimate of drug-likeness (QED) is 0.681. The van der Waals surface area contributed by atoms with E-state index in [9.17, 15) is 9.59 Å². The van der Waals surface area contributed by atoms with E-state index in [4.69, 9.17) is 11.6 Å². The van der Waals surface area contributed by atoms with Gasteiger partial charge in [-0.25, -0.2) is 4.68 Å². The molecule has 0 radical (unpaired) electrons. The SMILES string of the molecule is O=C1CCCC2=C1C(c1cccc(Cl)c1)c1c([nH]n(-c3ccccc3)c1=O)N2. The number of Topliss-reactive ketones (excluding diaryl/α,β-unsaturated/α-hetero) is 1. The summed E-state index contributed by atoms with van der Waals surface area (Å²) in [5, 5.41) is 7.10. The van der Waals surface area contributed by atoms with Crippen molar-refractivity contribution >= 4 is 23.2 Å². The molecule has 5 rings (SSSR count). The molecule has 0 bridgehead atoms. The van der Waals surface area contributed by atoms with Crippen LogP contribution in [0.25, 0.3) is 5.69 Å². The van der Waals surface area contributed by atoms with Crippen LogP contribution in [-0.4, -0.2) is 15.6 Å². The Morgan fingerprint density at radius 2 is 1.82 bits per heavy atom. The fourth-order valence-corrected chi connectivity index (χ4v) is 4.41. The molecule has 2 N–H and O–H groups in total. The molecule has 1 aliphatic heterocycles. The van der Waals surface area contributed by atoms with Gasteiger partial charge in [-0.3, -0.25) is 14.7 Å². The maximum absolute atomic E-state index is 13.4. The number of aromatic amines is 1. The average molecular weight is 392 g/mol. The summed E-state index contributed by atoms with van der Waals surface area (Å²) < 4.78 is 1.53. The minimum atomic E-state index is -0.425. The number of allylic oxidation sites excluding steroid dienone is 2. The zero-order chi connectivity index (χ0) is 19.3. The van der Waals surface area contributed by atoms with Crippen molar-refractivity contribution in [2.24, 2.45) is 0 Å². The standard InChI is InChI=1S/C22H18ClN3O2/c23-14-7-4-6-13(12-14)18-19-16(10-5-11-17(19)27)24-21-20(18)22(28)26(25-21)15-8-2-1-3-9-15/h1-4,6-9,12,18,24-25H,5,10-11H2. The highest BCUT2D eigenvalue weighted by atomic mass is 35.5. The molecule has 1 unspecified atom stereocenters. The zero-order valence-electron chi connectivity index (χ0n) is 15.0. The highest BCUT2D eigenvalue weighted by molar-refractivity contribution is 6.30. The molecule has 0 fully saturated rings. The van der Waals surface area contributed by atoms with Gasteiger partial charge in [-0.2, -0.15) is 0 Å². The number of nitrogens with one attached hydrogen (secondary N) is 2. The van der Waals surface area contributed by atoms with Crippen molar-refractivity contribution in [2.45, 2.75) is 25.2 Å². The second-order valence-electron chi connectivity index (χ2n) is 7.16. The molecule has 0 saturated carbocycles. The number of aromatic nitrogens is 2. The summed E-state index contributed by atoms with van der Waals surface area (Å²) in [5.41, 5.74) is 3.59. The van der Waals surface area contributed by atoms with Crippen molar-refractivity contribution in [2.75, 3.05) is 5.32 Å². The number of nitrogens with zero attached hydrogens (tertiary/aromatic N) is 1. The third-order valence-electron chi connectivity index (χ3n) is 5.43. The van der Waals surface area contributed by atoms with E-state index in [1.165, 1.54) is 4.68 Å². The van der Waals surface area contributed by atoms with Crippen molar-refractivity contribution in [1.82, 2.24) is 9.78 Å². The number of H-pyrrole nitrogens is 1. The van der Waals surface area contributed by atoms with E-state index in [1.807, 2.05) is 48.5 Å². The highest BCUT2D eigenvalue weighted by Crippen LogP contribution is 2.43. The molecule has 1 aromatic heterocycles. The molecule has 3 aromatic rings. The summed E-state index contributed by atoms with van der Waals surface area (Å²) in [5.74, 6) is 0.315. The Balaban J connectivity index is 1.76. The average Bonchev–Trinajstić information content (AvgIpc) is 3.03. The zero-order valence-corrected chi connectivity index (χ0v) is 15.8. The number of rotatable bonds is 2. The number of halogens is 1. The van der Waals surface area contributed by atoms with Gasteiger partial charge in [-0.15, -0.1) is 0 Å². The van der Waals surface area contributed by atoms with Crippen LogP contribution in [0.5, 0.6) is 0 Å². The molecule has 140 valence electrons. The molecule has 2 aliphatic rings. The largest absolute Gasteiger partial charge is 0.343 e. The Labute approximate surface area is 166 Å². The predicted molar refractivity (Wildman–Crippen MR) is 109 cm³/mol. The lowest BCUT2D eigenvalue weighted by molar-refractivity contribution is -0.116. The molecule has 2 aromatic carbocycles. The van der Waals surface area contributed by atoms with E-state index in [0.717, 1.165) is 29.8 Å². The first-order valence-electron chi connectivity index (χ1n) is 9.32. The van der Waals surface area contributed by atoms with Gasteiger partial charge in [0.05, 0.1) is 11.3 Å². The maximum atomic E-state index is 13.4. The van der Waals surface area contributed by atoms with E-state index >= 15 is 0 Å². The lowest BCUT2D eigenvalue weighted by atomic mass is 9.77. The number of carbonyl (C=O) groups excluding carboxylic acids is 1. The second-order valence-corrected chi connectivity index (χ2v) is 7.60. The van der Waals surface area contributed by atoms with Crippen molar-refractivity contribution in [1.29, 1.82) is 0 Å². The lowest BCUT2D eigenvalue weighted by Crippen LogP contribution is -2.29. The Hall–Kier alpha value is -3.05. The van der Waals surface area contributed by atoms with Gasteiger partial charge < -0.3 is 5.32 Å². The number of hydrogen-bond donors (Lipinski definition) is 2. The van der Waals surface area contributed by atoms with Crippen molar-refractivity contribution in [3.05, 3.63) is 92.4 Å². The van der Waals surface area contributed by atoms with E-state index < -0.39 is 5.92 Å². The van der Waals surface area contributed by atoms with Gasteiger partial charge >= 0.3 is 0 Å². The van der Waals surface area contributed by atoms with Crippen LogP contribution < -0.4 is 10.9 Å². The third-order valence-corrected chi connectivity index (χ3v) is 5.67. The number of para-hydroxylation sites is 1. The second kappa shape index (κ2) is 6.53. The molecular weight excluding hydrogens is 374 g/mol. The van der Waals surface area contributed by atoms with Crippen LogP contribution in [0.1, 0.15) is 36.3 Å². The van der Waals surface area contributed by atoms with Crippen LogP contribution in [0, 0.1) is 0 Å². The van der Waals surface area contributed by atoms with Crippen molar-refractivity contribution in [3.63, 3.8) is 0 Å². The summed E-state index contributed by atoms with van der Waals surface area (Å²) in [6, 6.07) is 16.8. The first kappa shape index (κ1) is 17.1. The molecule has 2 heterocycles. The topological polar surface area (TPSA) is 66.9 Å². The molecular formula is C22H18ClN3O2. The van der Waals surface area contributed by atoms with Gasteiger partial charge in [0.2, 0.25) is 0 Å². The van der Waals surface area contributed by atoms with E-state index in [2.05, 4.69) is 10.4 Å². The normalized spacial score (nSPS) is 18.5. The fraction of sp³-hybridized carbons (Fsp3) is 0.182. The summed E-state index contributed by atoms with van der Waals surface area (Å²) >= 11 is 6.24. The van der Waals surface area contributed by atoms with E-state index in [-0.39, 0.29) is 11.3 Å². The fourth-order valence-electron chi connectivity index (χ4n) is 4.22. The summed E-state index contributed by atoms with van der Waals surface area (Å²) in [7, 11) is 0. The van der Waals surface area contributed by atoms with Crippen LogP contribution in [0.3, 0.4) is 0 Å². The summed E-state index contributed by atoms with van der Waals surface area (Å²) in [6.07, 6.45) is 2.10. The van der Waals surface area contributed by atoms with Crippen LogP contribution >= 0.6 is 11.6 Å². The van der Waals surface area contributed by atoms with Crippen LogP contribution in [0.4, 0.5) is 5.82 Å². The first-order valence-corrected chi connectivity index (χ1v) is 9.70. The Morgan fingerprint density at radius 1 is 1.00 bits per heavy atom. The number of fused-ring (bicyclic) bond motifs is 1. The molecule has 0 saturated heterocycles. The first-order chi connectivity index (χ1) is 13.6. The molecule has 1 aliphatic carbocycles. The Bertz CT molecular complexity index is 1170. The maximum Gasteiger partial charge on any atom is 0.277 e. The van der Waals surface area contributed by atoms with Gasteiger partial charge in [-0.05, 0) is 42.7 Å². The third kappa shape index (κ3) is 2.62. The van der Waals surface area contributed by atoms with E-state index in [1.54, 1.807) is 6.07 Å². The van der Waals surface area contributed by atoms with Gasteiger partial charge in [0.15, 0.2) is 5.78 Å². The van der Waals surface area contributed by atoms with Crippen LogP contribution in [0.15, 0.2) is 70.7 Å². The predicted octanol–water partition coefficient (Wildman–Crippen LogP) is 4.38. The van der Waals surface area contributed by atoms with Crippen LogP contribution in [0.2, 0.25) is 5.02 Å². The Kier molecular flexibility index (Phi) is 3.98. The molecule has 6 heteroatoms. The van der Waals surface area contributed by atoms with Crippen LogP contribution in [-0.2, 0) is 4.79 Å². The monoisotopic (exact) mass is 391 g/mol. The number of hydrogen-bond acceptors (Lipinski definition) is 3.